The number of benzene rings is 2. The first-order valence-corrected chi connectivity index (χ1v) is 10.7. The van der Waals surface area contributed by atoms with E-state index in [1.807, 2.05) is 38.1 Å². The summed E-state index contributed by atoms with van der Waals surface area (Å²) in [7, 11) is -3.64. The molecule has 7 nitrogen and oxygen atoms in total. The van der Waals surface area contributed by atoms with Crippen molar-refractivity contribution in [2.75, 3.05) is 13.2 Å². The number of ether oxygens (including phenoxy) is 1. The summed E-state index contributed by atoms with van der Waals surface area (Å²) in [5, 5.41) is 4.35. The fourth-order valence-corrected chi connectivity index (χ4v) is 3.76. The third-order valence-corrected chi connectivity index (χ3v) is 5.75. The quantitative estimate of drug-likeness (QED) is 0.613. The molecule has 1 aromatic heterocycles. The van der Waals surface area contributed by atoms with Crippen LogP contribution in [0.4, 0.5) is 0 Å². The van der Waals surface area contributed by atoms with Crippen LogP contribution in [-0.2, 0) is 16.6 Å². The first-order chi connectivity index (χ1) is 13.9. The fraction of sp³-hybridized carbons (Fsp3) is 0.238. The van der Waals surface area contributed by atoms with Crippen LogP contribution in [0.3, 0.4) is 0 Å². The van der Waals surface area contributed by atoms with Crippen molar-refractivity contribution in [1.82, 2.24) is 14.5 Å². The van der Waals surface area contributed by atoms with Crippen LogP contribution in [0, 0.1) is 6.92 Å². The van der Waals surface area contributed by atoms with Crippen LogP contribution in [0.15, 0.2) is 70.4 Å². The minimum atomic E-state index is -3.64. The normalized spacial score (nSPS) is 11.4. The highest BCUT2D eigenvalue weighted by atomic mass is 32.2. The molecule has 0 radical (unpaired) electrons. The Bertz CT molecular complexity index is 1120. The third-order valence-electron chi connectivity index (χ3n) is 4.27. The van der Waals surface area contributed by atoms with Crippen molar-refractivity contribution < 1.29 is 13.2 Å². The summed E-state index contributed by atoms with van der Waals surface area (Å²) in [5.74, 6) is 0.759. The van der Waals surface area contributed by atoms with Crippen LogP contribution in [0.2, 0.25) is 0 Å². The van der Waals surface area contributed by atoms with E-state index in [9.17, 15) is 13.2 Å². The lowest BCUT2D eigenvalue weighted by atomic mass is 10.1. The SMILES string of the molecule is CCOc1ccc(-c2ccc(=O)n(CCNS(=O)(=O)c3ccc(C)cc3)n2)cc1. The van der Waals surface area contributed by atoms with E-state index in [-0.39, 0.29) is 23.5 Å². The van der Waals surface area contributed by atoms with E-state index in [0.717, 1.165) is 16.9 Å². The number of aromatic nitrogens is 2. The standard InChI is InChI=1S/C21H23N3O4S/c1-3-28-18-8-6-17(7-9-18)20-12-13-21(25)24(23-20)15-14-22-29(26,27)19-10-4-16(2)5-11-19/h4-13,22H,3,14-15H2,1-2H3. The zero-order chi connectivity index (χ0) is 20.9. The Morgan fingerprint density at radius 3 is 2.34 bits per heavy atom. The molecule has 0 saturated carbocycles. The molecule has 0 unspecified atom stereocenters. The second-order valence-corrected chi connectivity index (χ2v) is 8.22. The smallest absolute Gasteiger partial charge is 0.266 e. The van der Waals surface area contributed by atoms with E-state index < -0.39 is 10.0 Å². The molecule has 0 fully saturated rings. The molecular weight excluding hydrogens is 390 g/mol. The molecule has 0 aliphatic carbocycles. The van der Waals surface area contributed by atoms with E-state index in [4.69, 9.17) is 4.74 Å². The van der Waals surface area contributed by atoms with Crippen molar-refractivity contribution in [1.29, 1.82) is 0 Å². The Balaban J connectivity index is 1.70. The number of rotatable bonds is 8. The number of nitrogens with zero attached hydrogens (tertiary/aromatic N) is 2. The maximum Gasteiger partial charge on any atom is 0.266 e. The highest BCUT2D eigenvalue weighted by Gasteiger charge is 2.13. The first-order valence-electron chi connectivity index (χ1n) is 9.27. The molecule has 0 aliphatic rings. The van der Waals surface area contributed by atoms with Gasteiger partial charge >= 0.3 is 0 Å². The van der Waals surface area contributed by atoms with Gasteiger partial charge in [0.2, 0.25) is 10.0 Å². The summed E-state index contributed by atoms with van der Waals surface area (Å²) in [6.45, 7) is 4.56. The Morgan fingerprint density at radius 2 is 1.69 bits per heavy atom. The summed E-state index contributed by atoms with van der Waals surface area (Å²) in [6, 6.07) is 17.0. The summed E-state index contributed by atoms with van der Waals surface area (Å²) in [5.41, 5.74) is 2.14. The van der Waals surface area contributed by atoms with Crippen molar-refractivity contribution in [3.8, 4) is 17.0 Å². The molecule has 1 heterocycles. The van der Waals surface area contributed by atoms with Gasteiger partial charge in [-0.25, -0.2) is 17.8 Å². The van der Waals surface area contributed by atoms with E-state index in [1.165, 1.54) is 10.7 Å². The molecule has 3 rings (SSSR count). The average Bonchev–Trinajstić information content (AvgIpc) is 2.70. The predicted molar refractivity (Wildman–Crippen MR) is 111 cm³/mol. The lowest BCUT2D eigenvalue weighted by Crippen LogP contribution is -2.32. The Kier molecular flexibility index (Phi) is 6.46. The zero-order valence-electron chi connectivity index (χ0n) is 16.3. The van der Waals surface area contributed by atoms with Crippen molar-refractivity contribution >= 4 is 10.0 Å². The van der Waals surface area contributed by atoms with E-state index in [1.54, 1.807) is 30.3 Å². The highest BCUT2D eigenvalue weighted by Crippen LogP contribution is 2.19. The Labute approximate surface area is 170 Å². The van der Waals surface area contributed by atoms with Gasteiger partial charge in [-0.3, -0.25) is 4.79 Å². The van der Waals surface area contributed by atoms with E-state index in [0.29, 0.717) is 12.3 Å². The van der Waals surface area contributed by atoms with E-state index >= 15 is 0 Å². The van der Waals surface area contributed by atoms with Gasteiger partial charge in [0.15, 0.2) is 0 Å². The topological polar surface area (TPSA) is 90.3 Å². The molecule has 0 spiro atoms. The largest absolute Gasteiger partial charge is 0.494 e. The highest BCUT2D eigenvalue weighted by molar-refractivity contribution is 7.89. The summed E-state index contributed by atoms with van der Waals surface area (Å²) < 4.78 is 33.9. The number of hydrogen-bond donors (Lipinski definition) is 1. The number of aryl methyl sites for hydroxylation is 1. The van der Waals surface area contributed by atoms with Crippen LogP contribution < -0.4 is 15.0 Å². The first kappa shape index (κ1) is 20.8. The van der Waals surface area contributed by atoms with Gasteiger partial charge in [0.1, 0.15) is 5.75 Å². The zero-order valence-corrected chi connectivity index (χ0v) is 17.1. The van der Waals surface area contributed by atoms with Gasteiger partial charge in [0.25, 0.3) is 5.56 Å². The van der Waals surface area contributed by atoms with Crippen molar-refractivity contribution in [2.24, 2.45) is 0 Å². The van der Waals surface area contributed by atoms with Gasteiger partial charge in [-0.2, -0.15) is 5.10 Å². The average molecular weight is 413 g/mol. The summed E-state index contributed by atoms with van der Waals surface area (Å²) in [6.07, 6.45) is 0. The number of sulfonamides is 1. The molecule has 29 heavy (non-hydrogen) atoms. The van der Waals surface area contributed by atoms with Crippen LogP contribution in [0.25, 0.3) is 11.3 Å². The Morgan fingerprint density at radius 1 is 1.00 bits per heavy atom. The van der Waals surface area contributed by atoms with Crippen molar-refractivity contribution in [2.45, 2.75) is 25.3 Å². The van der Waals surface area contributed by atoms with Crippen LogP contribution in [0.1, 0.15) is 12.5 Å². The predicted octanol–water partition coefficient (Wildman–Crippen LogP) is 2.60. The van der Waals surface area contributed by atoms with Gasteiger partial charge in [-0.1, -0.05) is 17.7 Å². The van der Waals surface area contributed by atoms with E-state index in [2.05, 4.69) is 9.82 Å². The lowest BCUT2D eigenvalue weighted by molar-refractivity contribution is 0.340. The molecule has 1 N–H and O–H groups in total. The molecule has 0 amide bonds. The molecule has 0 aliphatic heterocycles. The summed E-state index contributed by atoms with van der Waals surface area (Å²) >= 11 is 0. The molecule has 8 heteroatoms. The van der Waals surface area contributed by atoms with Gasteiger partial charge in [0, 0.05) is 18.2 Å². The molecule has 2 aromatic carbocycles. The van der Waals surface area contributed by atoms with Crippen molar-refractivity contribution in [3.63, 3.8) is 0 Å². The molecule has 152 valence electrons. The third kappa shape index (κ3) is 5.30. The van der Waals surface area contributed by atoms with Gasteiger partial charge in [-0.15, -0.1) is 0 Å². The number of hydrogen-bond acceptors (Lipinski definition) is 5. The van der Waals surface area contributed by atoms with Gasteiger partial charge < -0.3 is 4.74 Å². The second kappa shape index (κ2) is 9.02. The van der Waals surface area contributed by atoms with Crippen molar-refractivity contribution in [3.05, 3.63) is 76.6 Å². The minimum Gasteiger partial charge on any atom is -0.494 e. The van der Waals surface area contributed by atoms with Gasteiger partial charge in [-0.05, 0) is 56.3 Å². The Hall–Kier alpha value is -2.97. The van der Waals surface area contributed by atoms with Gasteiger partial charge in [0.05, 0.1) is 23.7 Å². The second-order valence-electron chi connectivity index (χ2n) is 6.45. The maximum absolute atomic E-state index is 12.4. The number of nitrogens with one attached hydrogen (secondary N) is 1. The van der Waals surface area contributed by atoms with Crippen LogP contribution in [0.5, 0.6) is 5.75 Å². The van der Waals surface area contributed by atoms with Crippen LogP contribution in [-0.4, -0.2) is 31.3 Å². The fourth-order valence-electron chi connectivity index (χ4n) is 2.74. The molecular formula is C21H23N3O4S. The molecule has 0 saturated heterocycles. The maximum atomic E-state index is 12.4. The lowest BCUT2D eigenvalue weighted by Gasteiger charge is -2.10. The minimum absolute atomic E-state index is 0.0514. The molecule has 3 aromatic rings. The summed E-state index contributed by atoms with van der Waals surface area (Å²) in [4.78, 5) is 12.3. The molecule has 0 bridgehead atoms. The van der Waals surface area contributed by atoms with Crippen LogP contribution >= 0.6 is 0 Å². The molecule has 0 atom stereocenters. The monoisotopic (exact) mass is 413 g/mol.